The van der Waals surface area contributed by atoms with Gasteiger partial charge in [-0.05, 0) is 45.6 Å². The fourth-order valence-electron chi connectivity index (χ4n) is 2.96. The molecule has 0 aromatic carbocycles. The molecule has 0 aliphatic carbocycles. The first-order valence-corrected chi connectivity index (χ1v) is 10.6. The van der Waals surface area contributed by atoms with E-state index in [1.807, 2.05) is 13.8 Å². The van der Waals surface area contributed by atoms with Gasteiger partial charge in [-0.15, -0.1) is 11.3 Å². The summed E-state index contributed by atoms with van der Waals surface area (Å²) in [6, 6.07) is 0. The summed E-state index contributed by atoms with van der Waals surface area (Å²) in [7, 11) is 0. The third-order valence-electron chi connectivity index (χ3n) is 4.50. The monoisotopic (exact) mass is 393 g/mol. The molecule has 1 aliphatic heterocycles. The maximum absolute atomic E-state index is 12.1. The van der Waals surface area contributed by atoms with Crippen LogP contribution in [0.1, 0.15) is 35.5 Å². The van der Waals surface area contributed by atoms with Gasteiger partial charge in [0, 0.05) is 23.4 Å². The van der Waals surface area contributed by atoms with Crippen LogP contribution in [0, 0.1) is 20.8 Å². The average Bonchev–Trinajstić information content (AvgIpc) is 2.92. The highest BCUT2D eigenvalue weighted by molar-refractivity contribution is 8.00. The summed E-state index contributed by atoms with van der Waals surface area (Å²) in [6.45, 7) is 7.32. The summed E-state index contributed by atoms with van der Waals surface area (Å²) in [6.07, 6.45) is 3.21. The summed E-state index contributed by atoms with van der Waals surface area (Å²) < 4.78 is 5.16. The van der Waals surface area contributed by atoms with E-state index in [9.17, 15) is 9.59 Å². The number of piperidine rings is 1. The Morgan fingerprint density at radius 3 is 2.62 bits per heavy atom. The van der Waals surface area contributed by atoms with Crippen LogP contribution in [-0.2, 0) is 14.3 Å². The normalized spacial score (nSPS) is 14.7. The smallest absolute Gasteiger partial charge is 0.316 e. The van der Waals surface area contributed by atoms with Crippen molar-refractivity contribution in [3.63, 3.8) is 0 Å². The number of hydrogen-bond donors (Lipinski definition) is 0. The molecule has 3 rings (SSSR count). The van der Waals surface area contributed by atoms with Crippen molar-refractivity contribution in [3.05, 3.63) is 16.3 Å². The minimum atomic E-state index is -0.394. The molecular weight excluding hydrogens is 370 g/mol. The van der Waals surface area contributed by atoms with Crippen LogP contribution in [0.15, 0.2) is 5.03 Å². The van der Waals surface area contributed by atoms with Crippen molar-refractivity contribution < 1.29 is 14.3 Å². The van der Waals surface area contributed by atoms with Crippen LogP contribution in [0.4, 0.5) is 0 Å². The number of carbonyl (C=O) groups excluding carboxylic acids is 2. The van der Waals surface area contributed by atoms with E-state index in [2.05, 4.69) is 16.9 Å². The van der Waals surface area contributed by atoms with E-state index < -0.39 is 5.97 Å². The molecule has 2 aromatic rings. The molecule has 8 heteroatoms. The molecule has 2 aromatic heterocycles. The molecule has 3 heterocycles. The van der Waals surface area contributed by atoms with Gasteiger partial charge in [0.05, 0.1) is 5.75 Å². The number of amides is 1. The van der Waals surface area contributed by atoms with Crippen molar-refractivity contribution in [1.82, 2.24) is 14.9 Å². The van der Waals surface area contributed by atoms with Gasteiger partial charge >= 0.3 is 5.97 Å². The number of fused-ring (bicyclic) bond motifs is 1. The highest BCUT2D eigenvalue weighted by Gasteiger charge is 2.19. The first kappa shape index (κ1) is 19.1. The van der Waals surface area contributed by atoms with Gasteiger partial charge in [0.1, 0.15) is 15.7 Å². The molecule has 1 fully saturated rings. The Labute approximate surface area is 161 Å². The molecule has 6 nitrogen and oxygen atoms in total. The van der Waals surface area contributed by atoms with Crippen LogP contribution in [0.2, 0.25) is 0 Å². The lowest BCUT2D eigenvalue weighted by atomic mass is 10.1. The number of ether oxygens (including phenoxy) is 1. The molecule has 0 unspecified atom stereocenters. The standard InChI is InChI=1S/C18H23N3O3S2/c1-11-12(2)26-18-16(11)17(19-13(3)20-18)25-10-15(23)24-9-14(22)21-7-5-4-6-8-21/h4-10H2,1-3H3. The van der Waals surface area contributed by atoms with Crippen LogP contribution < -0.4 is 0 Å². The van der Waals surface area contributed by atoms with Gasteiger partial charge in [-0.1, -0.05) is 11.8 Å². The molecule has 0 spiro atoms. The van der Waals surface area contributed by atoms with Crippen LogP contribution >= 0.6 is 23.1 Å². The summed E-state index contributed by atoms with van der Waals surface area (Å²) in [5.74, 6) is 0.324. The molecule has 1 saturated heterocycles. The maximum Gasteiger partial charge on any atom is 0.316 e. The lowest BCUT2D eigenvalue weighted by molar-refractivity contribution is -0.150. The van der Waals surface area contributed by atoms with Gasteiger partial charge in [0.25, 0.3) is 5.91 Å². The van der Waals surface area contributed by atoms with E-state index in [0.29, 0.717) is 5.82 Å². The molecule has 0 bridgehead atoms. The highest BCUT2D eigenvalue weighted by Crippen LogP contribution is 2.35. The largest absolute Gasteiger partial charge is 0.455 e. The number of likely N-dealkylation sites (tertiary alicyclic amines) is 1. The van der Waals surface area contributed by atoms with Gasteiger partial charge in [-0.3, -0.25) is 9.59 Å². The van der Waals surface area contributed by atoms with E-state index in [1.54, 1.807) is 16.2 Å². The third kappa shape index (κ3) is 4.35. The summed E-state index contributed by atoms with van der Waals surface area (Å²) in [5, 5.41) is 1.81. The Balaban J connectivity index is 1.58. The number of rotatable bonds is 5. The summed E-state index contributed by atoms with van der Waals surface area (Å²) in [4.78, 5) is 37.0. The zero-order chi connectivity index (χ0) is 18.7. The maximum atomic E-state index is 12.1. The zero-order valence-electron chi connectivity index (χ0n) is 15.3. The zero-order valence-corrected chi connectivity index (χ0v) is 17.0. The number of nitrogens with zero attached hydrogens (tertiary/aromatic N) is 3. The van der Waals surface area contributed by atoms with Crippen molar-refractivity contribution in [2.45, 2.75) is 45.1 Å². The van der Waals surface area contributed by atoms with Crippen LogP contribution in [-0.4, -0.2) is 52.2 Å². The summed E-state index contributed by atoms with van der Waals surface area (Å²) in [5.41, 5.74) is 1.15. The predicted molar refractivity (Wildman–Crippen MR) is 104 cm³/mol. The number of aromatic nitrogens is 2. The Kier molecular flexibility index (Phi) is 6.13. The Morgan fingerprint density at radius 2 is 1.88 bits per heavy atom. The number of thioether (sulfide) groups is 1. The van der Waals surface area contributed by atoms with Crippen molar-refractivity contribution in [2.24, 2.45) is 0 Å². The lowest BCUT2D eigenvalue weighted by Gasteiger charge is -2.26. The van der Waals surface area contributed by atoms with Gasteiger partial charge in [0.15, 0.2) is 6.61 Å². The van der Waals surface area contributed by atoms with Crippen LogP contribution in [0.25, 0.3) is 10.2 Å². The molecule has 0 radical (unpaired) electrons. The molecule has 0 atom stereocenters. The minimum absolute atomic E-state index is 0.104. The lowest BCUT2D eigenvalue weighted by Crippen LogP contribution is -2.38. The van der Waals surface area contributed by atoms with Crippen molar-refractivity contribution >= 4 is 45.2 Å². The molecule has 0 N–H and O–H groups in total. The second kappa shape index (κ2) is 8.35. The number of hydrogen-bond acceptors (Lipinski definition) is 7. The van der Waals surface area contributed by atoms with E-state index in [0.717, 1.165) is 53.2 Å². The Bertz CT molecular complexity index is 829. The molecule has 1 amide bonds. The Morgan fingerprint density at radius 1 is 1.15 bits per heavy atom. The van der Waals surface area contributed by atoms with Crippen molar-refractivity contribution in [1.29, 1.82) is 0 Å². The van der Waals surface area contributed by atoms with E-state index in [-0.39, 0.29) is 18.3 Å². The fourth-order valence-corrected chi connectivity index (χ4v) is 5.03. The second-order valence-corrected chi connectivity index (χ2v) is 8.60. The second-order valence-electron chi connectivity index (χ2n) is 6.43. The predicted octanol–water partition coefficient (Wildman–Crippen LogP) is 3.26. The quantitative estimate of drug-likeness (QED) is 0.441. The van der Waals surface area contributed by atoms with E-state index in [1.165, 1.54) is 16.6 Å². The molecule has 0 saturated carbocycles. The average molecular weight is 394 g/mol. The molecule has 140 valence electrons. The Hall–Kier alpha value is -1.67. The molecule has 1 aliphatic rings. The van der Waals surface area contributed by atoms with Gasteiger partial charge in [-0.2, -0.15) is 0 Å². The highest BCUT2D eigenvalue weighted by atomic mass is 32.2. The first-order chi connectivity index (χ1) is 12.5. The van der Waals surface area contributed by atoms with E-state index >= 15 is 0 Å². The van der Waals surface area contributed by atoms with Crippen LogP contribution in [0.5, 0.6) is 0 Å². The number of aryl methyl sites for hydroxylation is 3. The summed E-state index contributed by atoms with van der Waals surface area (Å²) >= 11 is 2.98. The minimum Gasteiger partial charge on any atom is -0.455 e. The van der Waals surface area contributed by atoms with Gasteiger partial charge in [0.2, 0.25) is 0 Å². The SMILES string of the molecule is Cc1nc(SCC(=O)OCC(=O)N2CCCCC2)c2c(C)c(C)sc2n1. The number of thiophene rings is 1. The number of carbonyl (C=O) groups is 2. The van der Waals surface area contributed by atoms with Gasteiger partial charge < -0.3 is 9.64 Å². The number of esters is 1. The third-order valence-corrected chi connectivity index (χ3v) is 6.55. The van der Waals surface area contributed by atoms with Gasteiger partial charge in [-0.25, -0.2) is 9.97 Å². The van der Waals surface area contributed by atoms with Crippen molar-refractivity contribution in [2.75, 3.05) is 25.4 Å². The van der Waals surface area contributed by atoms with Crippen LogP contribution in [0.3, 0.4) is 0 Å². The van der Waals surface area contributed by atoms with Crippen molar-refractivity contribution in [3.8, 4) is 0 Å². The topological polar surface area (TPSA) is 72.4 Å². The molecule has 26 heavy (non-hydrogen) atoms. The van der Waals surface area contributed by atoms with E-state index in [4.69, 9.17) is 4.74 Å². The first-order valence-electron chi connectivity index (χ1n) is 8.76. The molecular formula is C18H23N3O3S2. The fraction of sp³-hybridized carbons (Fsp3) is 0.556.